The molecule has 16 heavy (non-hydrogen) atoms. The van der Waals surface area contributed by atoms with Gasteiger partial charge in [0.2, 0.25) is 0 Å². The zero-order chi connectivity index (χ0) is 11.5. The average molecular weight is 243 g/mol. The fourth-order valence-electron chi connectivity index (χ4n) is 1.84. The lowest BCUT2D eigenvalue weighted by atomic mass is 9.91. The van der Waals surface area contributed by atoms with E-state index in [1.165, 1.54) is 12.7 Å². The molecule has 1 saturated carbocycles. The maximum absolute atomic E-state index is 9.07. The average Bonchev–Trinajstić information content (AvgIpc) is 2.19. The number of nitrogens with zero attached hydrogens (tertiary/aromatic N) is 3. The van der Waals surface area contributed by atoms with Crippen LogP contribution in [0, 0.1) is 0 Å². The maximum atomic E-state index is 9.07. The van der Waals surface area contributed by atoms with Crippen molar-refractivity contribution in [1.82, 2.24) is 9.97 Å². The first kappa shape index (κ1) is 11.4. The molecule has 1 fully saturated rings. The van der Waals surface area contributed by atoms with Crippen LogP contribution in [0.3, 0.4) is 0 Å². The van der Waals surface area contributed by atoms with Crippen molar-refractivity contribution in [3.05, 3.63) is 11.3 Å². The van der Waals surface area contributed by atoms with Crippen LogP contribution in [0.5, 0.6) is 0 Å². The molecule has 0 saturated heterocycles. The molecule has 1 aromatic rings. The third-order valence-corrected chi connectivity index (χ3v) is 3.29. The van der Waals surface area contributed by atoms with E-state index in [2.05, 4.69) is 9.97 Å². The van der Waals surface area contributed by atoms with Gasteiger partial charge < -0.3 is 15.7 Å². The van der Waals surface area contributed by atoms with Crippen molar-refractivity contribution in [1.29, 1.82) is 0 Å². The van der Waals surface area contributed by atoms with Gasteiger partial charge in [-0.05, 0) is 19.3 Å². The molecule has 0 atom stereocenters. The second-order valence-electron chi connectivity index (χ2n) is 3.90. The van der Waals surface area contributed by atoms with E-state index in [1.54, 1.807) is 0 Å². The van der Waals surface area contributed by atoms with E-state index in [0.29, 0.717) is 23.4 Å². The van der Waals surface area contributed by atoms with Gasteiger partial charge in [-0.1, -0.05) is 11.6 Å². The highest BCUT2D eigenvalue weighted by atomic mass is 35.5. The molecule has 0 radical (unpaired) electrons. The molecule has 0 amide bonds. The van der Waals surface area contributed by atoms with Crippen molar-refractivity contribution in [2.24, 2.45) is 0 Å². The minimum atomic E-state index is 0.0801. The Balaban J connectivity index is 2.26. The minimum absolute atomic E-state index is 0.0801. The van der Waals surface area contributed by atoms with Crippen LogP contribution in [-0.4, -0.2) is 34.3 Å². The molecular weight excluding hydrogens is 228 g/mol. The topological polar surface area (TPSA) is 75.3 Å². The molecule has 1 heterocycles. The Morgan fingerprint density at radius 1 is 1.50 bits per heavy atom. The van der Waals surface area contributed by atoms with Gasteiger partial charge in [0.05, 0.1) is 6.61 Å². The number of halogens is 1. The molecule has 5 nitrogen and oxygen atoms in total. The van der Waals surface area contributed by atoms with Gasteiger partial charge in [-0.15, -0.1) is 0 Å². The highest BCUT2D eigenvalue weighted by Gasteiger charge is 2.27. The predicted molar refractivity (Wildman–Crippen MR) is 63.5 cm³/mol. The SMILES string of the molecule is Nc1ncnc(N(CCO)C2CCC2)c1Cl. The Hall–Kier alpha value is -1.07. The van der Waals surface area contributed by atoms with Crippen molar-refractivity contribution < 1.29 is 5.11 Å². The van der Waals surface area contributed by atoms with Crippen LogP contribution in [0.1, 0.15) is 19.3 Å². The van der Waals surface area contributed by atoms with Crippen molar-refractivity contribution in [2.75, 3.05) is 23.8 Å². The van der Waals surface area contributed by atoms with Gasteiger partial charge in [0, 0.05) is 12.6 Å². The number of aromatic nitrogens is 2. The number of hydrogen-bond donors (Lipinski definition) is 2. The Morgan fingerprint density at radius 3 is 2.81 bits per heavy atom. The second kappa shape index (κ2) is 4.84. The Labute approximate surface area is 99.3 Å². The van der Waals surface area contributed by atoms with E-state index in [9.17, 15) is 0 Å². The lowest BCUT2D eigenvalue weighted by molar-refractivity contribution is 0.283. The van der Waals surface area contributed by atoms with Gasteiger partial charge in [-0.25, -0.2) is 9.97 Å². The molecular formula is C10H15ClN4O. The summed E-state index contributed by atoms with van der Waals surface area (Å²) >= 11 is 6.08. The first-order chi connectivity index (χ1) is 7.74. The number of aliphatic hydroxyl groups is 1. The predicted octanol–water partition coefficient (Wildman–Crippen LogP) is 1.06. The molecule has 3 N–H and O–H groups in total. The zero-order valence-electron chi connectivity index (χ0n) is 8.93. The molecule has 2 rings (SSSR count). The highest BCUT2D eigenvalue weighted by Crippen LogP contribution is 2.33. The maximum Gasteiger partial charge on any atom is 0.153 e. The van der Waals surface area contributed by atoms with E-state index >= 15 is 0 Å². The molecule has 1 aliphatic rings. The van der Waals surface area contributed by atoms with E-state index in [1.807, 2.05) is 4.90 Å². The number of nitrogens with two attached hydrogens (primary N) is 1. The summed E-state index contributed by atoms with van der Waals surface area (Å²) in [4.78, 5) is 10.0. The number of nitrogen functional groups attached to an aromatic ring is 1. The van der Waals surface area contributed by atoms with Crippen LogP contribution in [-0.2, 0) is 0 Å². The lowest BCUT2D eigenvalue weighted by Crippen LogP contribution is -2.42. The third kappa shape index (κ3) is 2.05. The number of anilines is 2. The molecule has 6 heteroatoms. The highest BCUT2D eigenvalue weighted by molar-refractivity contribution is 6.35. The summed E-state index contributed by atoms with van der Waals surface area (Å²) in [5.41, 5.74) is 5.64. The molecule has 0 unspecified atom stereocenters. The summed E-state index contributed by atoms with van der Waals surface area (Å²) in [7, 11) is 0. The first-order valence-corrected chi connectivity index (χ1v) is 5.75. The summed E-state index contributed by atoms with van der Waals surface area (Å²) in [6.45, 7) is 0.609. The molecule has 0 aliphatic heterocycles. The van der Waals surface area contributed by atoms with Crippen molar-refractivity contribution in [2.45, 2.75) is 25.3 Å². The largest absolute Gasteiger partial charge is 0.395 e. The fraction of sp³-hybridized carbons (Fsp3) is 0.600. The van der Waals surface area contributed by atoms with Crippen molar-refractivity contribution in [3.63, 3.8) is 0 Å². The van der Waals surface area contributed by atoms with Crippen LogP contribution in [0.15, 0.2) is 6.33 Å². The summed E-state index contributed by atoms with van der Waals surface area (Å²) < 4.78 is 0. The van der Waals surface area contributed by atoms with Crippen molar-refractivity contribution in [3.8, 4) is 0 Å². The quantitative estimate of drug-likeness (QED) is 0.826. The summed E-state index contributed by atoms with van der Waals surface area (Å²) in [5, 5.41) is 9.44. The molecule has 88 valence electrons. The van der Waals surface area contributed by atoms with Crippen LogP contribution in [0.2, 0.25) is 5.02 Å². The molecule has 0 bridgehead atoms. The zero-order valence-corrected chi connectivity index (χ0v) is 9.69. The summed E-state index contributed by atoms with van der Waals surface area (Å²) in [5.74, 6) is 0.918. The van der Waals surface area contributed by atoms with Crippen LogP contribution in [0.4, 0.5) is 11.6 Å². The number of rotatable bonds is 4. The van der Waals surface area contributed by atoms with E-state index in [-0.39, 0.29) is 12.4 Å². The first-order valence-electron chi connectivity index (χ1n) is 5.37. The molecule has 1 aromatic heterocycles. The van der Waals surface area contributed by atoms with Crippen molar-refractivity contribution >= 4 is 23.2 Å². The summed E-state index contributed by atoms with van der Waals surface area (Å²) in [6, 6.07) is 0.416. The van der Waals surface area contributed by atoms with Crippen LogP contribution >= 0.6 is 11.6 Å². The van der Waals surface area contributed by atoms with Crippen LogP contribution in [0.25, 0.3) is 0 Å². The Morgan fingerprint density at radius 2 is 2.25 bits per heavy atom. The van der Waals surface area contributed by atoms with E-state index < -0.39 is 0 Å². The number of hydrogen-bond acceptors (Lipinski definition) is 5. The van der Waals surface area contributed by atoms with Gasteiger partial charge in [0.25, 0.3) is 0 Å². The van der Waals surface area contributed by atoms with E-state index in [0.717, 1.165) is 12.8 Å². The van der Waals surface area contributed by atoms with Crippen LogP contribution < -0.4 is 10.6 Å². The Bertz CT molecular complexity index is 370. The molecule has 1 aliphatic carbocycles. The van der Waals surface area contributed by atoms with Gasteiger partial charge in [0.15, 0.2) is 5.82 Å². The van der Waals surface area contributed by atoms with Gasteiger partial charge in [-0.2, -0.15) is 0 Å². The normalized spacial score (nSPS) is 15.9. The van der Waals surface area contributed by atoms with Gasteiger partial charge in [0.1, 0.15) is 17.2 Å². The smallest absolute Gasteiger partial charge is 0.153 e. The van der Waals surface area contributed by atoms with Gasteiger partial charge >= 0.3 is 0 Å². The fourth-order valence-corrected chi connectivity index (χ4v) is 2.05. The van der Waals surface area contributed by atoms with Gasteiger partial charge in [-0.3, -0.25) is 0 Å². The number of aliphatic hydroxyl groups excluding tert-OH is 1. The van der Waals surface area contributed by atoms with E-state index in [4.69, 9.17) is 22.4 Å². The minimum Gasteiger partial charge on any atom is -0.395 e. The molecule has 0 spiro atoms. The monoisotopic (exact) mass is 242 g/mol. The summed E-state index contributed by atoms with van der Waals surface area (Å²) in [6.07, 6.45) is 4.84. The lowest BCUT2D eigenvalue weighted by Gasteiger charge is -2.38. The standard InChI is InChI=1S/C10H15ClN4O/c11-8-9(12)13-6-14-10(8)15(4-5-16)7-2-1-3-7/h6-7,16H,1-5H2,(H2,12,13,14). The Kier molecular flexibility index (Phi) is 3.46. The molecule has 0 aromatic carbocycles. The second-order valence-corrected chi connectivity index (χ2v) is 4.28. The third-order valence-electron chi connectivity index (χ3n) is 2.93.